The summed E-state index contributed by atoms with van der Waals surface area (Å²) in [5.74, 6) is 1.25. The number of anilines is 1. The van der Waals surface area contributed by atoms with Crippen LogP contribution in [0.25, 0.3) is 11.4 Å². The van der Waals surface area contributed by atoms with Crippen LogP contribution in [0.3, 0.4) is 0 Å². The van der Waals surface area contributed by atoms with Crippen LogP contribution in [-0.4, -0.2) is 29.7 Å². The quantitative estimate of drug-likeness (QED) is 0.778. The Balaban J connectivity index is 1.53. The van der Waals surface area contributed by atoms with Gasteiger partial charge < -0.3 is 5.32 Å². The Morgan fingerprint density at radius 3 is 2.83 bits per heavy atom. The third-order valence-electron chi connectivity index (χ3n) is 4.01. The van der Waals surface area contributed by atoms with Crippen molar-refractivity contribution >= 4 is 5.95 Å². The molecule has 0 unspecified atom stereocenters. The van der Waals surface area contributed by atoms with Gasteiger partial charge in [-0.2, -0.15) is 5.10 Å². The van der Waals surface area contributed by atoms with Crippen LogP contribution in [0.1, 0.15) is 30.0 Å². The van der Waals surface area contributed by atoms with Crippen LogP contribution in [0.5, 0.6) is 0 Å². The van der Waals surface area contributed by atoms with E-state index in [4.69, 9.17) is 0 Å². The highest BCUT2D eigenvalue weighted by Gasteiger charge is 2.28. The second kappa shape index (κ2) is 5.75. The van der Waals surface area contributed by atoms with Crippen molar-refractivity contribution in [3.63, 3.8) is 0 Å². The molecule has 1 fully saturated rings. The van der Waals surface area contributed by atoms with E-state index >= 15 is 0 Å². The van der Waals surface area contributed by atoms with Gasteiger partial charge in [-0.3, -0.25) is 14.6 Å². The number of nitrogens with one attached hydrogen (secondary N) is 1. The van der Waals surface area contributed by atoms with E-state index in [9.17, 15) is 0 Å². The lowest BCUT2D eigenvalue weighted by Crippen LogP contribution is -2.09. The predicted molar refractivity (Wildman–Crippen MR) is 85.6 cm³/mol. The van der Waals surface area contributed by atoms with E-state index in [1.54, 1.807) is 24.8 Å². The summed E-state index contributed by atoms with van der Waals surface area (Å²) in [6.45, 7) is 0.659. The second-order valence-corrected chi connectivity index (χ2v) is 5.65. The Kier molecular flexibility index (Phi) is 3.45. The fraction of sp³-hybridized carbons (Fsp3) is 0.312. The minimum Gasteiger partial charge on any atom is -0.349 e. The molecule has 0 bridgehead atoms. The van der Waals surface area contributed by atoms with Gasteiger partial charge in [-0.15, -0.1) is 0 Å². The number of aryl methyl sites for hydroxylation is 1. The molecule has 0 radical (unpaired) electrons. The summed E-state index contributed by atoms with van der Waals surface area (Å²) in [4.78, 5) is 17.1. The summed E-state index contributed by atoms with van der Waals surface area (Å²) in [6, 6.07) is 1.83. The molecule has 1 aliphatic rings. The van der Waals surface area contributed by atoms with Crippen molar-refractivity contribution in [3.8, 4) is 11.4 Å². The van der Waals surface area contributed by atoms with Crippen molar-refractivity contribution in [2.45, 2.75) is 25.3 Å². The number of nitrogens with zero attached hydrogens (tertiary/aromatic N) is 6. The lowest BCUT2D eigenvalue weighted by molar-refractivity contribution is 0.715. The number of aromatic nitrogens is 6. The van der Waals surface area contributed by atoms with Crippen molar-refractivity contribution in [3.05, 3.63) is 48.3 Å². The van der Waals surface area contributed by atoms with Gasteiger partial charge in [-0.25, -0.2) is 9.97 Å². The molecule has 3 aromatic heterocycles. The lowest BCUT2D eigenvalue weighted by Gasteiger charge is -2.08. The Morgan fingerprint density at radius 2 is 2.04 bits per heavy atom. The highest BCUT2D eigenvalue weighted by Crippen LogP contribution is 2.41. The summed E-state index contributed by atoms with van der Waals surface area (Å²) in [5.41, 5.74) is 4.02. The Morgan fingerprint density at radius 1 is 1.13 bits per heavy atom. The van der Waals surface area contributed by atoms with Crippen molar-refractivity contribution in [2.24, 2.45) is 7.05 Å². The lowest BCUT2D eigenvalue weighted by atomic mass is 10.1. The number of hydrogen-bond donors (Lipinski definition) is 1. The van der Waals surface area contributed by atoms with Crippen molar-refractivity contribution in [2.75, 3.05) is 5.32 Å². The second-order valence-electron chi connectivity index (χ2n) is 5.65. The van der Waals surface area contributed by atoms with E-state index < -0.39 is 0 Å². The zero-order chi connectivity index (χ0) is 15.6. The van der Waals surface area contributed by atoms with Gasteiger partial charge >= 0.3 is 0 Å². The fourth-order valence-electron chi connectivity index (χ4n) is 2.61. The topological polar surface area (TPSA) is 81.4 Å². The molecule has 4 rings (SSSR count). The average molecular weight is 307 g/mol. The number of hydrogen-bond acceptors (Lipinski definition) is 6. The first kappa shape index (κ1) is 13.8. The zero-order valence-corrected chi connectivity index (χ0v) is 12.8. The molecule has 23 heavy (non-hydrogen) atoms. The van der Waals surface area contributed by atoms with Gasteiger partial charge in [0.2, 0.25) is 5.95 Å². The van der Waals surface area contributed by atoms with Crippen LogP contribution in [0, 0.1) is 0 Å². The molecule has 7 heteroatoms. The molecule has 0 amide bonds. The van der Waals surface area contributed by atoms with Crippen LogP contribution in [-0.2, 0) is 13.6 Å². The van der Waals surface area contributed by atoms with E-state index in [1.165, 1.54) is 24.1 Å². The summed E-state index contributed by atoms with van der Waals surface area (Å²) in [5, 5.41) is 7.66. The third-order valence-corrected chi connectivity index (χ3v) is 4.01. The molecule has 0 aromatic carbocycles. The molecule has 3 aromatic rings. The summed E-state index contributed by atoms with van der Waals surface area (Å²) in [6.07, 6.45) is 11.2. The molecule has 3 heterocycles. The van der Waals surface area contributed by atoms with E-state index in [2.05, 4.69) is 30.4 Å². The monoisotopic (exact) mass is 307 g/mol. The van der Waals surface area contributed by atoms with Gasteiger partial charge in [0.15, 0.2) is 0 Å². The fourth-order valence-corrected chi connectivity index (χ4v) is 2.61. The maximum Gasteiger partial charge on any atom is 0.223 e. The molecule has 1 N–H and O–H groups in total. The van der Waals surface area contributed by atoms with E-state index in [-0.39, 0.29) is 0 Å². The normalized spacial score (nSPS) is 14.0. The smallest absolute Gasteiger partial charge is 0.223 e. The van der Waals surface area contributed by atoms with Crippen LogP contribution >= 0.6 is 0 Å². The van der Waals surface area contributed by atoms with Gasteiger partial charge in [0, 0.05) is 25.6 Å². The molecular formula is C16H17N7. The molecule has 0 aliphatic heterocycles. The van der Waals surface area contributed by atoms with Crippen LogP contribution in [0.15, 0.2) is 37.1 Å². The third kappa shape index (κ3) is 2.90. The highest BCUT2D eigenvalue weighted by atomic mass is 15.3. The van der Waals surface area contributed by atoms with Crippen LogP contribution < -0.4 is 5.32 Å². The molecule has 0 atom stereocenters. The van der Waals surface area contributed by atoms with Crippen molar-refractivity contribution in [1.29, 1.82) is 0 Å². The van der Waals surface area contributed by atoms with Gasteiger partial charge in [0.25, 0.3) is 0 Å². The maximum absolute atomic E-state index is 4.51. The van der Waals surface area contributed by atoms with Crippen molar-refractivity contribution in [1.82, 2.24) is 29.7 Å². The molecule has 0 saturated heterocycles. The minimum absolute atomic E-state index is 0.580. The average Bonchev–Trinajstić information content (AvgIpc) is 3.38. The molecular weight excluding hydrogens is 290 g/mol. The first-order valence-corrected chi connectivity index (χ1v) is 7.65. The Hall–Kier alpha value is -2.83. The van der Waals surface area contributed by atoms with E-state index in [0.717, 1.165) is 11.4 Å². The van der Waals surface area contributed by atoms with E-state index in [1.807, 2.05) is 24.0 Å². The van der Waals surface area contributed by atoms with Gasteiger partial charge in [0.05, 0.1) is 30.3 Å². The first-order valence-electron chi connectivity index (χ1n) is 7.65. The predicted octanol–water partition coefficient (Wildman–Crippen LogP) is 2.16. The van der Waals surface area contributed by atoms with Crippen LogP contribution in [0.2, 0.25) is 0 Å². The summed E-state index contributed by atoms with van der Waals surface area (Å²) < 4.78 is 1.92. The molecule has 0 spiro atoms. The highest BCUT2D eigenvalue weighted by molar-refractivity contribution is 5.53. The van der Waals surface area contributed by atoms with Crippen molar-refractivity contribution < 1.29 is 0 Å². The van der Waals surface area contributed by atoms with E-state index in [0.29, 0.717) is 18.4 Å². The SMILES string of the molecule is Cn1ncc(C2CC2)c1CNc1nccc(-c2cnccn2)n1. The molecule has 116 valence electrons. The Bertz CT molecular complexity index is 808. The first-order chi connectivity index (χ1) is 11.3. The maximum atomic E-state index is 4.51. The summed E-state index contributed by atoms with van der Waals surface area (Å²) >= 11 is 0. The molecule has 1 saturated carbocycles. The van der Waals surface area contributed by atoms with Gasteiger partial charge in [-0.1, -0.05) is 0 Å². The Labute approximate surface area is 133 Å². The zero-order valence-electron chi connectivity index (χ0n) is 12.8. The van der Waals surface area contributed by atoms with Crippen LogP contribution in [0.4, 0.5) is 5.95 Å². The largest absolute Gasteiger partial charge is 0.349 e. The summed E-state index contributed by atoms with van der Waals surface area (Å²) in [7, 11) is 1.97. The minimum atomic E-state index is 0.580. The molecule has 7 nitrogen and oxygen atoms in total. The van der Waals surface area contributed by atoms with Gasteiger partial charge in [-0.05, 0) is 30.4 Å². The van der Waals surface area contributed by atoms with Gasteiger partial charge in [0.1, 0.15) is 5.69 Å². The molecule has 1 aliphatic carbocycles. The number of rotatable bonds is 5. The standard InChI is InChI=1S/C16H17N7/c1-23-15(12(8-21-23)11-2-3-11)10-20-16-19-5-4-13(22-16)14-9-17-6-7-18-14/h4-9,11H,2-3,10H2,1H3,(H,19,20,22).